The molecule has 4 aromatic rings. The maximum Gasteiger partial charge on any atom is 0.338 e. The zero-order valence-electron chi connectivity index (χ0n) is 21.5. The van der Waals surface area contributed by atoms with Crippen molar-refractivity contribution in [2.24, 2.45) is 0 Å². The molecular weight excluding hydrogens is 470 g/mol. The second kappa shape index (κ2) is 11.5. The van der Waals surface area contributed by atoms with Crippen molar-refractivity contribution < 1.29 is 28.5 Å². The number of carbonyl (C=O) groups is 1. The van der Waals surface area contributed by atoms with E-state index in [0.29, 0.717) is 34.3 Å². The molecule has 7 heteroatoms. The van der Waals surface area contributed by atoms with Crippen LogP contribution >= 0.6 is 0 Å². The van der Waals surface area contributed by atoms with Gasteiger partial charge in [0.15, 0.2) is 23.0 Å². The SMILES string of the molecule is COc1ccc(-c2cnc(C(C)OC(=O)c3ccccc3)cc2-c2ccc(OC)c(OC)c2)cc1OC. The molecule has 0 radical (unpaired) electrons. The fraction of sp³-hybridized carbons (Fsp3) is 0.200. The maximum absolute atomic E-state index is 12.7. The lowest BCUT2D eigenvalue weighted by Crippen LogP contribution is -2.10. The van der Waals surface area contributed by atoms with Crippen molar-refractivity contribution in [3.8, 4) is 45.3 Å². The van der Waals surface area contributed by atoms with E-state index in [1.807, 2.05) is 48.5 Å². The second-order valence-electron chi connectivity index (χ2n) is 8.21. The molecule has 0 aliphatic heterocycles. The van der Waals surface area contributed by atoms with Gasteiger partial charge >= 0.3 is 5.97 Å². The van der Waals surface area contributed by atoms with Gasteiger partial charge in [-0.1, -0.05) is 30.3 Å². The summed E-state index contributed by atoms with van der Waals surface area (Å²) in [5, 5.41) is 0. The van der Waals surface area contributed by atoms with Gasteiger partial charge in [-0.05, 0) is 66.1 Å². The van der Waals surface area contributed by atoms with E-state index >= 15 is 0 Å². The van der Waals surface area contributed by atoms with Crippen LogP contribution in [0.15, 0.2) is 79.0 Å². The number of methoxy groups -OCH3 is 4. The number of ether oxygens (including phenoxy) is 5. The zero-order chi connectivity index (χ0) is 26.4. The lowest BCUT2D eigenvalue weighted by molar-refractivity contribution is 0.0329. The van der Waals surface area contributed by atoms with E-state index in [0.717, 1.165) is 22.3 Å². The van der Waals surface area contributed by atoms with Crippen LogP contribution in [0.25, 0.3) is 22.3 Å². The number of aromatic nitrogens is 1. The smallest absolute Gasteiger partial charge is 0.338 e. The van der Waals surface area contributed by atoms with E-state index in [9.17, 15) is 4.79 Å². The lowest BCUT2D eigenvalue weighted by Gasteiger charge is -2.18. The van der Waals surface area contributed by atoms with Crippen LogP contribution in [-0.2, 0) is 4.74 Å². The third-order valence-electron chi connectivity index (χ3n) is 6.02. The summed E-state index contributed by atoms with van der Waals surface area (Å²) in [7, 11) is 6.39. The van der Waals surface area contributed by atoms with Crippen molar-refractivity contribution in [3.05, 3.63) is 90.3 Å². The van der Waals surface area contributed by atoms with Gasteiger partial charge in [0.1, 0.15) is 6.10 Å². The average molecular weight is 500 g/mol. The molecule has 1 aromatic heterocycles. The summed E-state index contributed by atoms with van der Waals surface area (Å²) in [6.45, 7) is 1.80. The fourth-order valence-corrected chi connectivity index (χ4v) is 4.03. The number of nitrogens with zero attached hydrogens (tertiary/aromatic N) is 1. The molecule has 0 fully saturated rings. The summed E-state index contributed by atoms with van der Waals surface area (Å²) in [5.41, 5.74) is 4.59. The topological polar surface area (TPSA) is 76.1 Å². The standard InChI is InChI=1S/C30H29NO6/c1-19(37-30(32)20-9-7-6-8-10-20)25-17-23(21-11-13-26(33-2)28(15-21)35-4)24(18-31-25)22-12-14-27(34-3)29(16-22)36-5/h6-19H,1-5H3. The first kappa shape index (κ1) is 25.6. The van der Waals surface area contributed by atoms with Crippen LogP contribution in [0.5, 0.6) is 23.0 Å². The van der Waals surface area contributed by atoms with Gasteiger partial charge in [-0.3, -0.25) is 4.98 Å². The highest BCUT2D eigenvalue weighted by Gasteiger charge is 2.19. The van der Waals surface area contributed by atoms with Crippen LogP contribution in [-0.4, -0.2) is 39.4 Å². The Kier molecular flexibility index (Phi) is 7.93. The van der Waals surface area contributed by atoms with Crippen molar-refractivity contribution in [2.75, 3.05) is 28.4 Å². The Hall–Kier alpha value is -4.52. The molecule has 190 valence electrons. The van der Waals surface area contributed by atoms with E-state index in [4.69, 9.17) is 23.7 Å². The molecule has 3 aromatic carbocycles. The van der Waals surface area contributed by atoms with Gasteiger partial charge in [-0.15, -0.1) is 0 Å². The van der Waals surface area contributed by atoms with Gasteiger partial charge in [-0.2, -0.15) is 0 Å². The fourth-order valence-electron chi connectivity index (χ4n) is 4.03. The summed E-state index contributed by atoms with van der Waals surface area (Å²) in [6.07, 6.45) is 1.20. The summed E-state index contributed by atoms with van der Waals surface area (Å²) >= 11 is 0. The molecule has 0 saturated carbocycles. The average Bonchev–Trinajstić information content (AvgIpc) is 2.96. The minimum absolute atomic E-state index is 0.411. The Morgan fingerprint density at radius 3 is 1.76 bits per heavy atom. The van der Waals surface area contributed by atoms with E-state index in [2.05, 4.69) is 4.98 Å². The monoisotopic (exact) mass is 499 g/mol. The molecule has 4 rings (SSSR count). The molecule has 37 heavy (non-hydrogen) atoms. The van der Waals surface area contributed by atoms with Gasteiger partial charge in [0, 0.05) is 11.8 Å². The van der Waals surface area contributed by atoms with E-state index in [1.165, 1.54) is 0 Å². The van der Waals surface area contributed by atoms with Gasteiger partial charge < -0.3 is 23.7 Å². The van der Waals surface area contributed by atoms with Crippen molar-refractivity contribution in [3.63, 3.8) is 0 Å². The predicted molar refractivity (Wildman–Crippen MR) is 142 cm³/mol. The van der Waals surface area contributed by atoms with Crippen LogP contribution in [0.2, 0.25) is 0 Å². The first-order valence-corrected chi connectivity index (χ1v) is 11.7. The quantitative estimate of drug-likeness (QED) is 0.248. The van der Waals surface area contributed by atoms with Crippen molar-refractivity contribution in [1.82, 2.24) is 4.98 Å². The van der Waals surface area contributed by atoms with Crippen molar-refractivity contribution >= 4 is 5.97 Å². The molecular formula is C30H29NO6. The summed E-state index contributed by atoms with van der Waals surface area (Å²) in [4.78, 5) is 17.3. The second-order valence-corrected chi connectivity index (χ2v) is 8.21. The van der Waals surface area contributed by atoms with Gasteiger partial charge in [0.05, 0.1) is 39.7 Å². The van der Waals surface area contributed by atoms with Crippen molar-refractivity contribution in [1.29, 1.82) is 0 Å². The number of pyridine rings is 1. The molecule has 1 unspecified atom stereocenters. The van der Waals surface area contributed by atoms with Crippen molar-refractivity contribution in [2.45, 2.75) is 13.0 Å². The molecule has 0 saturated heterocycles. The Bertz CT molecular complexity index is 1390. The summed E-state index contributed by atoms with van der Waals surface area (Å²) < 4.78 is 27.6. The highest BCUT2D eigenvalue weighted by Crippen LogP contribution is 2.40. The normalized spacial score (nSPS) is 11.4. The third-order valence-corrected chi connectivity index (χ3v) is 6.02. The molecule has 0 aliphatic rings. The lowest BCUT2D eigenvalue weighted by atomic mass is 9.94. The highest BCUT2D eigenvalue weighted by molar-refractivity contribution is 5.89. The summed E-state index contributed by atoms with van der Waals surface area (Å²) in [6, 6.07) is 22.2. The molecule has 0 N–H and O–H groups in total. The Morgan fingerprint density at radius 1 is 0.676 bits per heavy atom. The van der Waals surface area contributed by atoms with Crippen LogP contribution in [0.3, 0.4) is 0 Å². The molecule has 0 spiro atoms. The number of hydrogen-bond donors (Lipinski definition) is 0. The zero-order valence-corrected chi connectivity index (χ0v) is 21.5. The number of rotatable bonds is 9. The van der Waals surface area contributed by atoms with Gasteiger partial charge in [-0.25, -0.2) is 4.79 Å². The number of esters is 1. The molecule has 0 aliphatic carbocycles. The Morgan fingerprint density at radius 2 is 1.22 bits per heavy atom. The molecule has 0 amide bonds. The highest BCUT2D eigenvalue weighted by atomic mass is 16.5. The predicted octanol–water partition coefficient (Wildman–Crippen LogP) is 6.37. The number of benzene rings is 3. The van der Waals surface area contributed by atoms with E-state index < -0.39 is 12.1 Å². The molecule has 7 nitrogen and oxygen atoms in total. The Balaban J connectivity index is 1.80. The number of carbonyl (C=O) groups excluding carboxylic acids is 1. The minimum atomic E-state index is -0.578. The largest absolute Gasteiger partial charge is 0.493 e. The van der Waals surface area contributed by atoms with Gasteiger partial charge in [0.25, 0.3) is 0 Å². The molecule has 0 bridgehead atoms. The third kappa shape index (κ3) is 5.51. The minimum Gasteiger partial charge on any atom is -0.493 e. The van der Waals surface area contributed by atoms with Crippen LogP contribution in [0.1, 0.15) is 29.1 Å². The van der Waals surface area contributed by atoms with Crippen LogP contribution in [0.4, 0.5) is 0 Å². The van der Waals surface area contributed by atoms with E-state index in [1.54, 1.807) is 65.8 Å². The van der Waals surface area contributed by atoms with E-state index in [-0.39, 0.29) is 0 Å². The maximum atomic E-state index is 12.7. The van der Waals surface area contributed by atoms with Crippen LogP contribution in [0, 0.1) is 0 Å². The molecule has 1 atom stereocenters. The first-order valence-electron chi connectivity index (χ1n) is 11.7. The number of hydrogen-bond acceptors (Lipinski definition) is 7. The van der Waals surface area contributed by atoms with Gasteiger partial charge in [0.2, 0.25) is 0 Å². The first-order chi connectivity index (χ1) is 18.0. The molecule has 1 heterocycles. The van der Waals surface area contributed by atoms with Crippen LogP contribution < -0.4 is 18.9 Å². The Labute approximate surface area is 216 Å². The summed E-state index contributed by atoms with van der Waals surface area (Å²) in [5.74, 6) is 2.04.